The molecular formula is C11H15N3OS. The van der Waals surface area contributed by atoms with Gasteiger partial charge in [-0.1, -0.05) is 0 Å². The summed E-state index contributed by atoms with van der Waals surface area (Å²) in [5.41, 5.74) is 1.23. The Morgan fingerprint density at radius 1 is 1.25 bits per heavy atom. The average Bonchev–Trinajstić information content (AvgIpc) is 2.73. The third-order valence-corrected chi connectivity index (χ3v) is 4.33. The second kappa shape index (κ2) is 4.05. The standard InChI is InChI=1S/C11H15N3OS/c15-10-12-6-3-7-14(10)11-13-8-4-1-2-5-9(8)16-11/h1-7H2,(H,12,15). The van der Waals surface area contributed by atoms with Crippen LogP contribution >= 0.6 is 11.3 Å². The Labute approximate surface area is 98.7 Å². The molecule has 1 aliphatic carbocycles. The smallest absolute Gasteiger partial charge is 0.323 e. The zero-order valence-electron chi connectivity index (χ0n) is 9.16. The fourth-order valence-electron chi connectivity index (χ4n) is 2.27. The molecule has 0 radical (unpaired) electrons. The Morgan fingerprint density at radius 3 is 2.94 bits per heavy atom. The first-order valence-electron chi connectivity index (χ1n) is 5.88. The quantitative estimate of drug-likeness (QED) is 0.811. The predicted molar refractivity (Wildman–Crippen MR) is 64.1 cm³/mol. The van der Waals surface area contributed by atoms with Crippen LogP contribution in [-0.2, 0) is 12.8 Å². The van der Waals surface area contributed by atoms with Gasteiger partial charge in [-0.3, -0.25) is 4.90 Å². The van der Waals surface area contributed by atoms with Crippen molar-refractivity contribution in [2.24, 2.45) is 0 Å². The van der Waals surface area contributed by atoms with Gasteiger partial charge in [-0.05, 0) is 32.1 Å². The molecule has 0 atom stereocenters. The number of thiazole rings is 1. The number of aromatic nitrogens is 1. The molecule has 4 nitrogen and oxygen atoms in total. The van der Waals surface area contributed by atoms with E-state index in [1.54, 1.807) is 16.2 Å². The molecule has 0 saturated carbocycles. The second-order valence-electron chi connectivity index (χ2n) is 4.31. The number of fused-ring (bicyclic) bond motifs is 1. The molecular weight excluding hydrogens is 222 g/mol. The summed E-state index contributed by atoms with van der Waals surface area (Å²) in [4.78, 5) is 19.5. The van der Waals surface area contributed by atoms with Crippen molar-refractivity contribution in [1.82, 2.24) is 10.3 Å². The van der Waals surface area contributed by atoms with Crippen LogP contribution in [0.15, 0.2) is 0 Å². The molecule has 1 fully saturated rings. The van der Waals surface area contributed by atoms with Crippen molar-refractivity contribution in [1.29, 1.82) is 0 Å². The van der Waals surface area contributed by atoms with E-state index >= 15 is 0 Å². The highest BCUT2D eigenvalue weighted by Gasteiger charge is 2.24. The fraction of sp³-hybridized carbons (Fsp3) is 0.636. The fourth-order valence-corrected chi connectivity index (χ4v) is 3.44. The SMILES string of the molecule is O=C1NCCCN1c1nc2c(s1)CCCC2. The van der Waals surface area contributed by atoms with Gasteiger partial charge in [-0.15, -0.1) is 11.3 Å². The Kier molecular flexibility index (Phi) is 2.55. The van der Waals surface area contributed by atoms with Crippen molar-refractivity contribution in [3.8, 4) is 0 Å². The van der Waals surface area contributed by atoms with Gasteiger partial charge in [0.05, 0.1) is 5.69 Å². The zero-order valence-corrected chi connectivity index (χ0v) is 9.98. The van der Waals surface area contributed by atoms with Gasteiger partial charge in [-0.25, -0.2) is 9.78 Å². The highest BCUT2D eigenvalue weighted by Crippen LogP contribution is 2.32. The van der Waals surface area contributed by atoms with Crippen LogP contribution in [0.5, 0.6) is 0 Å². The van der Waals surface area contributed by atoms with E-state index in [9.17, 15) is 4.79 Å². The normalized spacial score (nSPS) is 20.5. The summed E-state index contributed by atoms with van der Waals surface area (Å²) in [6, 6.07) is 0.0114. The number of anilines is 1. The highest BCUT2D eigenvalue weighted by atomic mass is 32.1. The molecule has 5 heteroatoms. The molecule has 2 aliphatic rings. The molecule has 0 spiro atoms. The lowest BCUT2D eigenvalue weighted by Crippen LogP contribution is -2.46. The first-order valence-corrected chi connectivity index (χ1v) is 6.70. The largest absolute Gasteiger partial charge is 0.338 e. The maximum Gasteiger partial charge on any atom is 0.323 e. The van der Waals surface area contributed by atoms with Crippen LogP contribution in [0.2, 0.25) is 0 Å². The van der Waals surface area contributed by atoms with Gasteiger partial charge in [0.15, 0.2) is 5.13 Å². The highest BCUT2D eigenvalue weighted by molar-refractivity contribution is 7.15. The van der Waals surface area contributed by atoms with Crippen LogP contribution in [-0.4, -0.2) is 24.1 Å². The molecule has 0 unspecified atom stereocenters. The minimum Gasteiger partial charge on any atom is -0.338 e. The molecule has 1 N–H and O–H groups in total. The summed E-state index contributed by atoms with van der Waals surface area (Å²) in [6.07, 6.45) is 5.74. The number of amides is 2. The van der Waals surface area contributed by atoms with Gasteiger partial charge >= 0.3 is 6.03 Å². The Morgan fingerprint density at radius 2 is 2.12 bits per heavy atom. The molecule has 0 aromatic carbocycles. The summed E-state index contributed by atoms with van der Waals surface area (Å²) in [6.45, 7) is 1.60. The van der Waals surface area contributed by atoms with Crippen LogP contribution in [0.1, 0.15) is 29.8 Å². The van der Waals surface area contributed by atoms with Crippen molar-refractivity contribution in [2.45, 2.75) is 32.1 Å². The van der Waals surface area contributed by atoms with E-state index in [4.69, 9.17) is 0 Å². The maximum absolute atomic E-state index is 11.7. The molecule has 0 bridgehead atoms. The number of hydrogen-bond acceptors (Lipinski definition) is 3. The van der Waals surface area contributed by atoms with E-state index in [0.29, 0.717) is 0 Å². The first-order chi connectivity index (χ1) is 7.84. The van der Waals surface area contributed by atoms with Crippen molar-refractivity contribution < 1.29 is 4.79 Å². The zero-order chi connectivity index (χ0) is 11.0. The van der Waals surface area contributed by atoms with Crippen molar-refractivity contribution >= 4 is 22.5 Å². The molecule has 3 rings (SSSR count). The van der Waals surface area contributed by atoms with Crippen molar-refractivity contribution in [3.05, 3.63) is 10.6 Å². The number of aryl methyl sites for hydroxylation is 2. The van der Waals surface area contributed by atoms with Crippen molar-refractivity contribution in [2.75, 3.05) is 18.0 Å². The lowest BCUT2D eigenvalue weighted by molar-refractivity contribution is 0.243. The number of urea groups is 1. The van der Waals surface area contributed by atoms with Crippen LogP contribution in [0.3, 0.4) is 0 Å². The molecule has 2 amide bonds. The average molecular weight is 237 g/mol. The second-order valence-corrected chi connectivity index (χ2v) is 5.37. The topological polar surface area (TPSA) is 45.2 Å². The Hall–Kier alpha value is -1.10. The van der Waals surface area contributed by atoms with Gasteiger partial charge in [0, 0.05) is 18.0 Å². The summed E-state index contributed by atoms with van der Waals surface area (Å²) < 4.78 is 0. The molecule has 16 heavy (non-hydrogen) atoms. The van der Waals surface area contributed by atoms with Crippen LogP contribution in [0.4, 0.5) is 9.93 Å². The van der Waals surface area contributed by atoms with Crippen LogP contribution < -0.4 is 10.2 Å². The van der Waals surface area contributed by atoms with E-state index in [-0.39, 0.29) is 6.03 Å². The number of carbonyl (C=O) groups excluding carboxylic acids is 1. The summed E-state index contributed by atoms with van der Waals surface area (Å²) in [5, 5.41) is 3.76. The first kappa shape index (κ1) is 10.1. The van der Waals surface area contributed by atoms with Gasteiger partial charge in [0.25, 0.3) is 0 Å². The third kappa shape index (κ3) is 1.69. The molecule has 2 heterocycles. The molecule has 1 aliphatic heterocycles. The molecule has 1 aromatic rings. The summed E-state index contributed by atoms with van der Waals surface area (Å²) in [7, 11) is 0. The Bertz CT molecular complexity index is 392. The summed E-state index contributed by atoms with van der Waals surface area (Å²) >= 11 is 1.70. The molecule has 1 saturated heterocycles. The predicted octanol–water partition coefficient (Wildman–Crippen LogP) is 1.94. The number of carbonyl (C=O) groups is 1. The van der Waals surface area contributed by atoms with Gasteiger partial charge in [-0.2, -0.15) is 0 Å². The number of hydrogen-bond donors (Lipinski definition) is 1. The monoisotopic (exact) mass is 237 g/mol. The molecule has 1 aromatic heterocycles. The lowest BCUT2D eigenvalue weighted by atomic mass is 10.0. The van der Waals surface area contributed by atoms with Gasteiger partial charge in [0.2, 0.25) is 0 Å². The number of nitrogens with one attached hydrogen (secondary N) is 1. The van der Waals surface area contributed by atoms with Crippen molar-refractivity contribution in [3.63, 3.8) is 0 Å². The number of nitrogens with zero attached hydrogens (tertiary/aromatic N) is 2. The van der Waals surface area contributed by atoms with E-state index in [1.807, 2.05) is 0 Å². The molecule has 86 valence electrons. The third-order valence-electron chi connectivity index (χ3n) is 3.15. The number of rotatable bonds is 1. The van der Waals surface area contributed by atoms with E-state index in [1.165, 1.54) is 23.4 Å². The lowest BCUT2D eigenvalue weighted by Gasteiger charge is -2.24. The van der Waals surface area contributed by atoms with E-state index < -0.39 is 0 Å². The van der Waals surface area contributed by atoms with Gasteiger partial charge < -0.3 is 5.32 Å². The van der Waals surface area contributed by atoms with Crippen LogP contribution in [0.25, 0.3) is 0 Å². The van der Waals surface area contributed by atoms with Crippen LogP contribution in [0, 0.1) is 0 Å². The van der Waals surface area contributed by atoms with Gasteiger partial charge in [0.1, 0.15) is 0 Å². The van der Waals surface area contributed by atoms with E-state index in [2.05, 4.69) is 10.3 Å². The minimum absolute atomic E-state index is 0.0114. The summed E-state index contributed by atoms with van der Waals surface area (Å²) in [5.74, 6) is 0. The Balaban J connectivity index is 1.88. The van der Waals surface area contributed by atoms with E-state index in [0.717, 1.165) is 37.5 Å². The maximum atomic E-state index is 11.7. The minimum atomic E-state index is 0.0114.